The molecule has 13 heavy (non-hydrogen) atoms. The molecule has 0 unspecified atom stereocenters. The van der Waals surface area contributed by atoms with E-state index in [2.05, 4.69) is 15.9 Å². The van der Waals surface area contributed by atoms with Crippen molar-refractivity contribution in [2.45, 2.75) is 5.88 Å². The second kappa shape index (κ2) is 3.48. The van der Waals surface area contributed by atoms with E-state index in [0.717, 1.165) is 19.4 Å². The number of halogens is 2. The van der Waals surface area contributed by atoms with E-state index in [0.29, 0.717) is 5.88 Å². The number of thiophene rings is 1. The van der Waals surface area contributed by atoms with E-state index in [-0.39, 0.29) is 5.75 Å². The first-order chi connectivity index (χ1) is 6.20. The van der Waals surface area contributed by atoms with Crippen molar-refractivity contribution < 1.29 is 5.11 Å². The molecule has 0 aliphatic heterocycles. The van der Waals surface area contributed by atoms with Crippen molar-refractivity contribution in [3.8, 4) is 5.75 Å². The second-order valence-corrected chi connectivity index (χ2v) is 5.41. The largest absolute Gasteiger partial charge is 0.508 e. The topological polar surface area (TPSA) is 20.2 Å². The monoisotopic (exact) mass is 276 g/mol. The van der Waals surface area contributed by atoms with Crippen LogP contribution < -0.4 is 0 Å². The molecule has 1 aromatic heterocycles. The Morgan fingerprint density at radius 2 is 2.15 bits per heavy atom. The average Bonchev–Trinajstić information content (AvgIpc) is 2.43. The number of aromatic hydroxyl groups is 1. The van der Waals surface area contributed by atoms with Gasteiger partial charge in [-0.05, 0) is 45.1 Å². The summed E-state index contributed by atoms with van der Waals surface area (Å²) in [5, 5.41) is 10.4. The van der Waals surface area contributed by atoms with Crippen LogP contribution >= 0.6 is 38.9 Å². The fourth-order valence-corrected chi connectivity index (χ4v) is 3.18. The van der Waals surface area contributed by atoms with Gasteiger partial charge in [-0.1, -0.05) is 0 Å². The zero-order valence-electron chi connectivity index (χ0n) is 6.55. The molecule has 2 aromatic rings. The van der Waals surface area contributed by atoms with E-state index >= 15 is 0 Å². The van der Waals surface area contributed by atoms with Crippen LogP contribution in [0.1, 0.15) is 5.56 Å². The number of hydrogen-bond donors (Lipinski definition) is 1. The smallest absolute Gasteiger partial charge is 0.116 e. The van der Waals surface area contributed by atoms with E-state index in [4.69, 9.17) is 11.6 Å². The standard InChI is InChI=1S/C9H6BrClOS/c10-8-3-5-1-7(12)2-6(4-11)9(5)13-8/h1-3,12H,4H2. The molecule has 68 valence electrons. The number of phenols is 1. The lowest BCUT2D eigenvalue weighted by molar-refractivity contribution is 0.476. The number of rotatable bonds is 1. The highest BCUT2D eigenvalue weighted by Crippen LogP contribution is 2.35. The van der Waals surface area contributed by atoms with Crippen LogP contribution in [0.4, 0.5) is 0 Å². The molecule has 0 spiro atoms. The van der Waals surface area contributed by atoms with Gasteiger partial charge in [0, 0.05) is 10.6 Å². The first-order valence-corrected chi connectivity index (χ1v) is 5.82. The zero-order valence-corrected chi connectivity index (χ0v) is 9.71. The summed E-state index contributed by atoms with van der Waals surface area (Å²) in [7, 11) is 0. The van der Waals surface area contributed by atoms with Gasteiger partial charge in [-0.2, -0.15) is 0 Å². The number of phenolic OH excluding ortho intramolecular Hbond substituents is 1. The van der Waals surface area contributed by atoms with Crippen LogP contribution in [0.15, 0.2) is 22.0 Å². The van der Waals surface area contributed by atoms with Gasteiger partial charge >= 0.3 is 0 Å². The van der Waals surface area contributed by atoms with E-state index in [9.17, 15) is 5.11 Å². The van der Waals surface area contributed by atoms with Gasteiger partial charge in [0.25, 0.3) is 0 Å². The zero-order chi connectivity index (χ0) is 9.42. The third kappa shape index (κ3) is 1.68. The molecular weight excluding hydrogens is 272 g/mol. The van der Waals surface area contributed by atoms with Crippen LogP contribution in [0.3, 0.4) is 0 Å². The summed E-state index contributed by atoms with van der Waals surface area (Å²) in [5.41, 5.74) is 0.979. The van der Waals surface area contributed by atoms with E-state index in [1.54, 1.807) is 23.5 Å². The van der Waals surface area contributed by atoms with Crippen molar-refractivity contribution in [3.05, 3.63) is 27.5 Å². The third-order valence-corrected chi connectivity index (χ3v) is 3.81. The number of alkyl halides is 1. The first kappa shape index (κ1) is 9.31. The number of benzene rings is 1. The molecule has 0 atom stereocenters. The summed E-state index contributed by atoms with van der Waals surface area (Å²) in [6, 6.07) is 5.43. The van der Waals surface area contributed by atoms with E-state index in [1.807, 2.05) is 6.07 Å². The summed E-state index contributed by atoms with van der Waals surface area (Å²) in [6.07, 6.45) is 0. The Morgan fingerprint density at radius 1 is 1.38 bits per heavy atom. The quantitative estimate of drug-likeness (QED) is 0.778. The van der Waals surface area contributed by atoms with Crippen LogP contribution in [0.25, 0.3) is 10.1 Å². The molecule has 1 N–H and O–H groups in total. The molecule has 2 rings (SSSR count). The van der Waals surface area contributed by atoms with Crippen molar-refractivity contribution >= 4 is 49.0 Å². The van der Waals surface area contributed by atoms with Gasteiger partial charge in [-0.15, -0.1) is 22.9 Å². The molecule has 0 saturated heterocycles. The Labute approximate surface area is 93.1 Å². The highest BCUT2D eigenvalue weighted by atomic mass is 79.9. The molecular formula is C9H6BrClOS. The minimum Gasteiger partial charge on any atom is -0.508 e. The second-order valence-electron chi connectivity index (χ2n) is 2.71. The highest BCUT2D eigenvalue weighted by Gasteiger charge is 2.06. The van der Waals surface area contributed by atoms with Crippen molar-refractivity contribution in [3.63, 3.8) is 0 Å². The number of fused-ring (bicyclic) bond motifs is 1. The third-order valence-electron chi connectivity index (χ3n) is 1.79. The molecule has 0 radical (unpaired) electrons. The maximum Gasteiger partial charge on any atom is 0.116 e. The average molecular weight is 278 g/mol. The molecule has 0 aliphatic rings. The first-order valence-electron chi connectivity index (χ1n) is 3.67. The van der Waals surface area contributed by atoms with Crippen molar-refractivity contribution in [2.75, 3.05) is 0 Å². The van der Waals surface area contributed by atoms with Crippen LogP contribution in [-0.4, -0.2) is 5.11 Å². The maximum absolute atomic E-state index is 9.38. The predicted molar refractivity (Wildman–Crippen MR) is 60.7 cm³/mol. The Balaban J connectivity index is 2.80. The number of hydrogen-bond acceptors (Lipinski definition) is 2. The molecule has 4 heteroatoms. The lowest BCUT2D eigenvalue weighted by atomic mass is 10.2. The summed E-state index contributed by atoms with van der Waals surface area (Å²) in [6.45, 7) is 0. The molecule has 1 nitrogen and oxygen atoms in total. The van der Waals surface area contributed by atoms with Gasteiger partial charge in [0.1, 0.15) is 5.75 Å². The van der Waals surface area contributed by atoms with Crippen molar-refractivity contribution in [1.29, 1.82) is 0 Å². The Morgan fingerprint density at radius 3 is 2.85 bits per heavy atom. The van der Waals surface area contributed by atoms with Crippen LogP contribution in [-0.2, 0) is 5.88 Å². The minimum atomic E-state index is 0.272. The van der Waals surface area contributed by atoms with Gasteiger partial charge in [0.15, 0.2) is 0 Å². The summed E-state index contributed by atoms with van der Waals surface area (Å²) in [4.78, 5) is 0. The van der Waals surface area contributed by atoms with Gasteiger partial charge < -0.3 is 5.11 Å². The lowest BCUT2D eigenvalue weighted by Gasteiger charge is -1.98. The van der Waals surface area contributed by atoms with Gasteiger partial charge in [-0.25, -0.2) is 0 Å². The lowest BCUT2D eigenvalue weighted by Crippen LogP contribution is -1.77. The van der Waals surface area contributed by atoms with Crippen LogP contribution in [0.5, 0.6) is 5.75 Å². The van der Waals surface area contributed by atoms with Crippen molar-refractivity contribution in [2.24, 2.45) is 0 Å². The molecule has 0 fully saturated rings. The fraction of sp³-hybridized carbons (Fsp3) is 0.111. The minimum absolute atomic E-state index is 0.272. The van der Waals surface area contributed by atoms with Gasteiger partial charge in [0.2, 0.25) is 0 Å². The predicted octanol–water partition coefficient (Wildman–Crippen LogP) is 4.11. The normalized spacial score (nSPS) is 10.9. The Hall–Kier alpha value is -0.250. The van der Waals surface area contributed by atoms with Crippen molar-refractivity contribution in [1.82, 2.24) is 0 Å². The van der Waals surface area contributed by atoms with Crippen LogP contribution in [0.2, 0.25) is 0 Å². The fourth-order valence-electron chi connectivity index (χ4n) is 1.28. The SMILES string of the molecule is Oc1cc(CCl)c2sc(Br)cc2c1. The summed E-state index contributed by atoms with van der Waals surface area (Å²) in [5.74, 6) is 0.700. The van der Waals surface area contributed by atoms with E-state index < -0.39 is 0 Å². The van der Waals surface area contributed by atoms with Gasteiger partial charge in [0.05, 0.1) is 3.79 Å². The molecule has 0 saturated carbocycles. The maximum atomic E-state index is 9.38. The molecule has 0 aliphatic carbocycles. The van der Waals surface area contributed by atoms with Crippen LogP contribution in [0, 0.1) is 0 Å². The van der Waals surface area contributed by atoms with E-state index in [1.165, 1.54) is 0 Å². The Kier molecular flexibility index (Phi) is 2.49. The molecule has 1 aromatic carbocycles. The highest BCUT2D eigenvalue weighted by molar-refractivity contribution is 9.11. The summed E-state index contributed by atoms with van der Waals surface area (Å²) < 4.78 is 2.19. The van der Waals surface area contributed by atoms with Gasteiger partial charge in [-0.3, -0.25) is 0 Å². The molecule has 0 bridgehead atoms. The molecule has 1 heterocycles. The molecule has 0 amide bonds. The Bertz CT molecular complexity index is 452. The summed E-state index contributed by atoms with van der Waals surface area (Å²) >= 11 is 10.8.